The normalized spacial score (nSPS) is 10.1. The summed E-state index contributed by atoms with van der Waals surface area (Å²) < 4.78 is 0. The van der Waals surface area contributed by atoms with Crippen molar-refractivity contribution >= 4 is 23.0 Å². The van der Waals surface area contributed by atoms with E-state index in [-0.39, 0.29) is 5.78 Å². The van der Waals surface area contributed by atoms with Crippen LogP contribution in [0.1, 0.15) is 16.8 Å². The molecule has 0 aliphatic heterocycles. The second-order valence-corrected chi connectivity index (χ2v) is 3.76. The van der Waals surface area contributed by atoms with Gasteiger partial charge in [0.2, 0.25) is 0 Å². The van der Waals surface area contributed by atoms with Crippen molar-refractivity contribution in [1.82, 2.24) is 5.32 Å². The van der Waals surface area contributed by atoms with Gasteiger partial charge in [0.25, 0.3) is 0 Å². The first-order chi connectivity index (χ1) is 8.31. The molecule has 0 bridgehead atoms. The predicted molar refractivity (Wildman–Crippen MR) is 66.6 cm³/mol. The highest BCUT2D eigenvalue weighted by Crippen LogP contribution is 2.16. The molecule has 1 N–H and O–H groups in total. The maximum absolute atomic E-state index is 11.8. The number of rotatable bonds is 5. The summed E-state index contributed by atoms with van der Waals surface area (Å²) in [4.78, 5) is 21.7. The second-order valence-electron chi connectivity index (χ2n) is 3.76. The van der Waals surface area contributed by atoms with Crippen LogP contribution in [0.15, 0.2) is 42.5 Å². The Bertz CT molecular complexity index is 549. The van der Waals surface area contributed by atoms with Crippen LogP contribution in [-0.4, -0.2) is 18.7 Å². The molecule has 0 aliphatic rings. The second kappa shape index (κ2) is 5.25. The molecule has 0 aliphatic carbocycles. The number of carbonyl (C=O) groups excluding carboxylic acids is 2. The molecular weight excluding hydrogens is 214 g/mol. The van der Waals surface area contributed by atoms with E-state index in [1.54, 1.807) is 6.41 Å². The molecule has 0 atom stereocenters. The Labute approximate surface area is 99.4 Å². The van der Waals surface area contributed by atoms with Crippen LogP contribution in [0.25, 0.3) is 10.8 Å². The molecule has 1 amide bonds. The fourth-order valence-electron chi connectivity index (χ4n) is 1.73. The number of hydrogen-bond donors (Lipinski definition) is 1. The first-order valence-electron chi connectivity index (χ1n) is 5.43. The Morgan fingerprint density at radius 3 is 2.65 bits per heavy atom. The maximum atomic E-state index is 11.8. The van der Waals surface area contributed by atoms with Crippen molar-refractivity contribution in [2.45, 2.75) is 6.42 Å². The third-order valence-corrected chi connectivity index (χ3v) is 2.62. The lowest BCUT2D eigenvalue weighted by atomic mass is 10.0. The molecule has 0 spiro atoms. The molecule has 3 heteroatoms. The molecule has 2 aromatic rings. The largest absolute Gasteiger partial charge is 0.347 e. The highest BCUT2D eigenvalue weighted by molar-refractivity contribution is 6.00. The van der Waals surface area contributed by atoms with Gasteiger partial charge in [-0.3, -0.25) is 9.59 Å². The van der Waals surface area contributed by atoms with Gasteiger partial charge in [-0.2, -0.15) is 0 Å². The first-order valence-corrected chi connectivity index (χ1v) is 5.43. The minimum Gasteiger partial charge on any atom is -0.347 e. The van der Waals surface area contributed by atoms with Crippen molar-refractivity contribution in [3.63, 3.8) is 0 Å². The smallest absolute Gasteiger partial charge is 0.309 e. The van der Waals surface area contributed by atoms with Crippen LogP contribution >= 0.6 is 0 Å². The Kier molecular flexibility index (Phi) is 3.50. The van der Waals surface area contributed by atoms with Gasteiger partial charge >= 0.3 is 6.41 Å². The molecule has 3 nitrogen and oxygen atoms in total. The van der Waals surface area contributed by atoms with Gasteiger partial charge in [-0.05, 0) is 16.8 Å². The van der Waals surface area contributed by atoms with Crippen molar-refractivity contribution in [3.05, 3.63) is 48.0 Å². The van der Waals surface area contributed by atoms with Crippen molar-refractivity contribution in [2.24, 2.45) is 0 Å². The van der Waals surface area contributed by atoms with Crippen LogP contribution in [0, 0.1) is 0 Å². The summed E-state index contributed by atoms with van der Waals surface area (Å²) in [5.74, 6) is 0.0264. The van der Waals surface area contributed by atoms with Crippen LogP contribution in [0.4, 0.5) is 0 Å². The van der Waals surface area contributed by atoms with Gasteiger partial charge in [0, 0.05) is 18.5 Å². The van der Waals surface area contributed by atoms with Crippen molar-refractivity contribution in [1.29, 1.82) is 0 Å². The third kappa shape index (κ3) is 2.69. The molecule has 2 aromatic carbocycles. The molecular formula is C14H12NO2. The zero-order valence-electron chi connectivity index (χ0n) is 9.27. The van der Waals surface area contributed by atoms with Crippen LogP contribution in [0.3, 0.4) is 0 Å². The monoisotopic (exact) mass is 226 g/mol. The van der Waals surface area contributed by atoms with Crippen LogP contribution < -0.4 is 5.32 Å². The number of Topliss-reactive ketones (excluding diaryl/α,β-unsaturated/α-hetero) is 1. The summed E-state index contributed by atoms with van der Waals surface area (Å²) in [5.41, 5.74) is 0.677. The van der Waals surface area contributed by atoms with E-state index in [1.807, 2.05) is 42.5 Å². The third-order valence-electron chi connectivity index (χ3n) is 2.62. The van der Waals surface area contributed by atoms with E-state index < -0.39 is 0 Å². The van der Waals surface area contributed by atoms with Crippen molar-refractivity contribution in [2.75, 3.05) is 6.54 Å². The Hall–Kier alpha value is -2.16. The van der Waals surface area contributed by atoms with E-state index in [1.165, 1.54) is 0 Å². The summed E-state index contributed by atoms with van der Waals surface area (Å²) >= 11 is 0. The van der Waals surface area contributed by atoms with E-state index in [9.17, 15) is 9.59 Å². The lowest BCUT2D eigenvalue weighted by Crippen LogP contribution is -2.16. The Morgan fingerprint density at radius 1 is 1.12 bits per heavy atom. The lowest BCUT2D eigenvalue weighted by Gasteiger charge is -2.02. The molecule has 85 valence electrons. The summed E-state index contributed by atoms with van der Waals surface area (Å²) in [6.45, 7) is 0.329. The van der Waals surface area contributed by atoms with Crippen molar-refractivity contribution < 1.29 is 9.59 Å². The van der Waals surface area contributed by atoms with Crippen molar-refractivity contribution in [3.8, 4) is 0 Å². The standard InChI is InChI=1S/C14H12NO2/c16-10-15-8-7-14(17)13-6-5-11-3-1-2-4-12(11)9-13/h1-6,9H,7-8H2,(H,15,16). The van der Waals surface area contributed by atoms with Gasteiger partial charge in [0.05, 0.1) is 0 Å². The van der Waals surface area contributed by atoms with Crippen LogP contribution in [0.2, 0.25) is 0 Å². The van der Waals surface area contributed by atoms with Gasteiger partial charge in [-0.15, -0.1) is 0 Å². The minimum absolute atomic E-state index is 0.0264. The average molecular weight is 226 g/mol. The minimum atomic E-state index is 0.0264. The SMILES string of the molecule is O=[C]NCCC(=O)c1ccc2ccccc2c1. The highest BCUT2D eigenvalue weighted by Gasteiger charge is 2.05. The average Bonchev–Trinajstić information content (AvgIpc) is 2.38. The lowest BCUT2D eigenvalue weighted by molar-refractivity contribution is 0.0984. The van der Waals surface area contributed by atoms with E-state index in [0.29, 0.717) is 18.5 Å². The van der Waals surface area contributed by atoms with Crippen LogP contribution in [-0.2, 0) is 4.79 Å². The number of fused-ring (bicyclic) bond motifs is 1. The Morgan fingerprint density at radius 2 is 1.88 bits per heavy atom. The number of hydrogen-bond acceptors (Lipinski definition) is 2. The molecule has 0 saturated heterocycles. The fraction of sp³-hybridized carbons (Fsp3) is 0.143. The maximum Gasteiger partial charge on any atom is 0.309 e. The quantitative estimate of drug-likeness (QED) is 0.482. The topological polar surface area (TPSA) is 46.2 Å². The summed E-state index contributed by atoms with van der Waals surface area (Å²) in [7, 11) is 0. The molecule has 1 radical (unpaired) electrons. The first kappa shape index (κ1) is 11.3. The molecule has 0 unspecified atom stereocenters. The van der Waals surface area contributed by atoms with Gasteiger partial charge in [0.15, 0.2) is 5.78 Å². The van der Waals surface area contributed by atoms with E-state index in [0.717, 1.165) is 10.8 Å². The number of benzene rings is 2. The summed E-state index contributed by atoms with van der Waals surface area (Å²) in [6.07, 6.45) is 1.85. The molecule has 0 saturated carbocycles. The van der Waals surface area contributed by atoms with E-state index >= 15 is 0 Å². The number of nitrogens with one attached hydrogen (secondary N) is 1. The van der Waals surface area contributed by atoms with Gasteiger partial charge in [-0.1, -0.05) is 36.4 Å². The Balaban J connectivity index is 2.18. The van der Waals surface area contributed by atoms with Gasteiger partial charge in [-0.25, -0.2) is 0 Å². The number of amides is 1. The van der Waals surface area contributed by atoms with E-state index in [2.05, 4.69) is 5.32 Å². The van der Waals surface area contributed by atoms with Crippen LogP contribution in [0.5, 0.6) is 0 Å². The van der Waals surface area contributed by atoms with E-state index in [4.69, 9.17) is 0 Å². The molecule has 0 aromatic heterocycles. The van der Waals surface area contributed by atoms with Gasteiger partial charge < -0.3 is 5.32 Å². The van der Waals surface area contributed by atoms with Gasteiger partial charge in [0.1, 0.15) is 0 Å². The highest BCUT2D eigenvalue weighted by atomic mass is 16.1. The summed E-state index contributed by atoms with van der Waals surface area (Å²) in [6, 6.07) is 13.5. The zero-order valence-corrected chi connectivity index (χ0v) is 9.27. The fourth-order valence-corrected chi connectivity index (χ4v) is 1.73. The number of carbonyl (C=O) groups is 1. The predicted octanol–water partition coefficient (Wildman–Crippen LogP) is 2.07. The zero-order chi connectivity index (χ0) is 12.1. The molecule has 0 heterocycles. The summed E-state index contributed by atoms with van der Waals surface area (Å²) in [5, 5.41) is 4.52. The molecule has 2 rings (SSSR count). The number of ketones is 1. The molecule has 0 fully saturated rings. The molecule has 17 heavy (non-hydrogen) atoms.